The third kappa shape index (κ3) is 5.59. The summed E-state index contributed by atoms with van der Waals surface area (Å²) in [6.07, 6.45) is 0. The number of nitrogens with two attached hydrogens (primary N) is 1. The van der Waals surface area contributed by atoms with Gasteiger partial charge in [0, 0.05) is 19.3 Å². The third-order valence-electron chi connectivity index (χ3n) is 6.28. The Morgan fingerprint density at radius 2 is 1.84 bits per heavy atom. The molecular formula is C25H25Br2N5O5S. The maximum absolute atomic E-state index is 13.3. The van der Waals surface area contributed by atoms with Gasteiger partial charge in [-0.05, 0) is 63.4 Å². The SMILES string of the molecule is CC1(C)S[C@@H]2[C@H](NC(=O)C(NC(=O)CN=C(N)c3ccc(Br)c(Br)c3)c3ccccc3)C(=O)N2[C@H]1C(=O)O. The van der Waals surface area contributed by atoms with Crippen molar-refractivity contribution in [1.29, 1.82) is 0 Å². The lowest BCUT2D eigenvalue weighted by molar-refractivity contribution is -0.161. The van der Waals surface area contributed by atoms with Crippen LogP contribution in [0.15, 0.2) is 62.5 Å². The molecule has 10 nitrogen and oxygen atoms in total. The summed E-state index contributed by atoms with van der Waals surface area (Å²) in [6, 6.07) is 10.9. The van der Waals surface area contributed by atoms with Gasteiger partial charge >= 0.3 is 5.97 Å². The van der Waals surface area contributed by atoms with E-state index in [-0.39, 0.29) is 12.4 Å². The van der Waals surface area contributed by atoms with E-state index in [0.717, 1.165) is 8.95 Å². The van der Waals surface area contributed by atoms with Gasteiger partial charge in [-0.2, -0.15) is 0 Å². The molecule has 2 heterocycles. The van der Waals surface area contributed by atoms with E-state index in [0.29, 0.717) is 11.1 Å². The van der Waals surface area contributed by atoms with E-state index in [9.17, 15) is 24.3 Å². The number of amides is 3. The van der Waals surface area contributed by atoms with Crippen molar-refractivity contribution in [2.75, 3.05) is 6.54 Å². The number of hydrogen-bond donors (Lipinski definition) is 4. The van der Waals surface area contributed by atoms with E-state index in [2.05, 4.69) is 47.5 Å². The molecule has 2 aliphatic heterocycles. The molecule has 200 valence electrons. The van der Waals surface area contributed by atoms with Crippen molar-refractivity contribution in [2.45, 2.75) is 42.1 Å². The lowest BCUT2D eigenvalue weighted by Gasteiger charge is -2.44. The van der Waals surface area contributed by atoms with E-state index in [1.54, 1.807) is 62.4 Å². The van der Waals surface area contributed by atoms with Gasteiger partial charge in [0.2, 0.25) is 17.7 Å². The van der Waals surface area contributed by atoms with Crippen LogP contribution in [-0.2, 0) is 19.2 Å². The monoisotopic (exact) mass is 665 g/mol. The molecule has 38 heavy (non-hydrogen) atoms. The Bertz CT molecular complexity index is 1320. The molecule has 2 aromatic carbocycles. The highest BCUT2D eigenvalue weighted by atomic mass is 79.9. The van der Waals surface area contributed by atoms with Crippen molar-refractivity contribution in [3.05, 3.63) is 68.6 Å². The Balaban J connectivity index is 1.46. The van der Waals surface area contributed by atoms with Crippen LogP contribution < -0.4 is 16.4 Å². The number of thioether (sulfide) groups is 1. The summed E-state index contributed by atoms with van der Waals surface area (Å²) in [7, 11) is 0. The number of amidine groups is 1. The molecule has 4 rings (SSSR count). The van der Waals surface area contributed by atoms with Gasteiger partial charge in [-0.15, -0.1) is 11.8 Å². The molecule has 0 aliphatic carbocycles. The molecule has 2 aromatic rings. The summed E-state index contributed by atoms with van der Waals surface area (Å²) in [5.74, 6) is -2.54. The summed E-state index contributed by atoms with van der Waals surface area (Å²) >= 11 is 8.11. The molecule has 13 heteroatoms. The van der Waals surface area contributed by atoms with Crippen molar-refractivity contribution < 1.29 is 24.3 Å². The minimum atomic E-state index is -1.10. The quantitative estimate of drug-likeness (QED) is 0.192. The Labute approximate surface area is 240 Å². The zero-order valence-corrected chi connectivity index (χ0v) is 24.3. The standard InChI is InChI=1S/C25H25Br2N5O5S/c1-25(2)19(24(36)37)32-22(35)18(23(32)38-25)31-21(34)17(12-6-4-3-5-7-12)30-16(33)11-29-20(28)13-8-9-14(26)15(27)10-13/h3-10,17-19,23H,11H2,1-2H3,(H2,28,29)(H,30,33)(H,31,34)(H,36,37)/t17?,18-,19+,23-/m1/s1. The first-order chi connectivity index (χ1) is 17.9. The lowest BCUT2D eigenvalue weighted by atomic mass is 9.95. The van der Waals surface area contributed by atoms with Crippen LogP contribution >= 0.6 is 43.6 Å². The fourth-order valence-corrected chi connectivity index (χ4v) is 6.69. The average Bonchev–Trinajstić information content (AvgIpc) is 3.14. The van der Waals surface area contributed by atoms with Crippen molar-refractivity contribution in [1.82, 2.24) is 15.5 Å². The number of nitrogens with zero attached hydrogens (tertiary/aromatic N) is 2. The maximum Gasteiger partial charge on any atom is 0.327 e. The number of β-lactam (4-membered cyclic amide) rings is 1. The van der Waals surface area contributed by atoms with E-state index in [4.69, 9.17) is 5.73 Å². The van der Waals surface area contributed by atoms with E-state index in [1.165, 1.54) is 16.7 Å². The number of carbonyl (C=O) groups is 4. The second-order valence-electron chi connectivity index (χ2n) is 9.33. The predicted molar refractivity (Wildman–Crippen MR) is 150 cm³/mol. The zero-order chi connectivity index (χ0) is 27.8. The summed E-state index contributed by atoms with van der Waals surface area (Å²) < 4.78 is 0.900. The Morgan fingerprint density at radius 1 is 1.16 bits per heavy atom. The summed E-state index contributed by atoms with van der Waals surface area (Å²) in [6.45, 7) is 3.19. The second kappa shape index (κ2) is 11.1. The minimum Gasteiger partial charge on any atom is -0.480 e. The highest BCUT2D eigenvalue weighted by Gasteiger charge is 2.64. The van der Waals surface area contributed by atoms with Crippen LogP contribution in [0.1, 0.15) is 31.0 Å². The smallest absolute Gasteiger partial charge is 0.327 e. The molecule has 0 bridgehead atoms. The van der Waals surface area contributed by atoms with Crippen molar-refractivity contribution >= 4 is 73.1 Å². The number of carboxylic acid groups (broad SMARTS) is 1. The summed E-state index contributed by atoms with van der Waals surface area (Å²) in [4.78, 5) is 56.2. The van der Waals surface area contributed by atoms with Crippen LogP contribution in [-0.4, -0.2) is 68.3 Å². The van der Waals surface area contributed by atoms with Gasteiger partial charge in [-0.25, -0.2) is 4.79 Å². The topological polar surface area (TPSA) is 154 Å². The van der Waals surface area contributed by atoms with Gasteiger partial charge in [-0.3, -0.25) is 19.4 Å². The maximum atomic E-state index is 13.3. The minimum absolute atomic E-state index is 0.156. The number of halogens is 2. The first-order valence-corrected chi connectivity index (χ1v) is 14.0. The molecule has 2 saturated heterocycles. The molecular weight excluding hydrogens is 642 g/mol. The third-order valence-corrected chi connectivity index (χ3v) is 9.73. The Hall–Kier alpha value is -2.90. The van der Waals surface area contributed by atoms with Crippen LogP contribution in [0.4, 0.5) is 0 Å². The Kier molecular flexibility index (Phi) is 8.19. The predicted octanol–water partition coefficient (Wildman–Crippen LogP) is 2.41. The van der Waals surface area contributed by atoms with Gasteiger partial charge in [0.15, 0.2) is 0 Å². The summed E-state index contributed by atoms with van der Waals surface area (Å²) in [5, 5.41) is 14.5. The van der Waals surface area contributed by atoms with Crippen molar-refractivity contribution in [3.63, 3.8) is 0 Å². The normalized spacial score (nSPS) is 22.7. The zero-order valence-electron chi connectivity index (χ0n) is 20.4. The van der Waals surface area contributed by atoms with Crippen LogP contribution in [0.25, 0.3) is 0 Å². The number of aliphatic carboxylic acids is 1. The van der Waals surface area contributed by atoms with Crippen LogP contribution in [0.2, 0.25) is 0 Å². The van der Waals surface area contributed by atoms with Crippen LogP contribution in [0.3, 0.4) is 0 Å². The highest BCUT2D eigenvalue weighted by molar-refractivity contribution is 9.13. The molecule has 0 radical (unpaired) electrons. The average molecular weight is 667 g/mol. The number of aliphatic imine (C=N–C) groups is 1. The van der Waals surface area contributed by atoms with Gasteiger partial charge in [-0.1, -0.05) is 36.4 Å². The van der Waals surface area contributed by atoms with Gasteiger partial charge in [0.25, 0.3) is 0 Å². The molecule has 2 fully saturated rings. The number of hydrogen-bond acceptors (Lipinski definition) is 6. The van der Waals surface area contributed by atoms with Crippen LogP contribution in [0.5, 0.6) is 0 Å². The number of carbonyl (C=O) groups excluding carboxylic acids is 3. The molecule has 2 aliphatic rings. The van der Waals surface area contributed by atoms with Crippen LogP contribution in [0, 0.1) is 0 Å². The molecule has 1 unspecified atom stereocenters. The number of fused-ring (bicyclic) bond motifs is 1. The molecule has 3 amide bonds. The van der Waals surface area contributed by atoms with Crippen molar-refractivity contribution in [3.8, 4) is 0 Å². The number of nitrogens with one attached hydrogen (secondary N) is 2. The first-order valence-electron chi connectivity index (χ1n) is 11.5. The van der Waals surface area contributed by atoms with E-state index >= 15 is 0 Å². The van der Waals surface area contributed by atoms with Gasteiger partial charge < -0.3 is 26.4 Å². The number of benzene rings is 2. The largest absolute Gasteiger partial charge is 0.480 e. The molecule has 0 aromatic heterocycles. The lowest BCUT2D eigenvalue weighted by Crippen LogP contribution is -2.71. The second-order valence-corrected chi connectivity index (χ2v) is 12.8. The number of carboxylic acids is 1. The Morgan fingerprint density at radius 3 is 2.47 bits per heavy atom. The number of rotatable bonds is 8. The van der Waals surface area contributed by atoms with Gasteiger partial charge in [0.05, 0.1) is 0 Å². The molecule has 4 atom stereocenters. The van der Waals surface area contributed by atoms with E-state index < -0.39 is 51.9 Å². The summed E-state index contributed by atoms with van der Waals surface area (Å²) in [5.41, 5.74) is 7.18. The van der Waals surface area contributed by atoms with Gasteiger partial charge in [0.1, 0.15) is 35.9 Å². The molecule has 0 saturated carbocycles. The van der Waals surface area contributed by atoms with Crippen molar-refractivity contribution in [2.24, 2.45) is 10.7 Å². The molecule has 5 N–H and O–H groups in total. The highest BCUT2D eigenvalue weighted by Crippen LogP contribution is 2.50. The fourth-order valence-electron chi connectivity index (χ4n) is 4.44. The molecule has 0 spiro atoms. The van der Waals surface area contributed by atoms with E-state index in [1.807, 2.05) is 0 Å². The first kappa shape index (κ1) is 28.1. The fraction of sp³-hybridized carbons (Fsp3) is 0.320.